The molecule has 5 nitrogen and oxygen atoms in total. The van der Waals surface area contributed by atoms with Gasteiger partial charge < -0.3 is 14.4 Å². The topological polar surface area (TPSA) is 50.4 Å². The Labute approximate surface area is 167 Å². The fourth-order valence-electron chi connectivity index (χ4n) is 3.26. The Morgan fingerprint density at radius 3 is 2.52 bits per heavy atom. The van der Waals surface area contributed by atoms with Crippen LogP contribution >= 0.6 is 11.6 Å². The van der Waals surface area contributed by atoms with Gasteiger partial charge >= 0.3 is 0 Å². The van der Waals surface area contributed by atoms with E-state index < -0.39 is 0 Å². The second-order valence-electron chi connectivity index (χ2n) is 7.19. The Kier molecular flexibility index (Phi) is 7.02. The van der Waals surface area contributed by atoms with Gasteiger partial charge in [-0.1, -0.05) is 38.3 Å². The molecule has 0 radical (unpaired) electrons. The van der Waals surface area contributed by atoms with Crippen molar-refractivity contribution in [1.82, 2.24) is 15.1 Å². The number of hydrogen-bond acceptors (Lipinski definition) is 4. The highest BCUT2D eigenvalue weighted by Gasteiger charge is 2.24. The van der Waals surface area contributed by atoms with E-state index in [2.05, 4.69) is 36.0 Å². The van der Waals surface area contributed by atoms with Crippen molar-refractivity contribution in [2.75, 3.05) is 26.8 Å². The summed E-state index contributed by atoms with van der Waals surface area (Å²) in [4.78, 5) is 2.31. The highest BCUT2D eigenvalue weighted by Crippen LogP contribution is 2.40. The fourth-order valence-corrected chi connectivity index (χ4v) is 3.48. The van der Waals surface area contributed by atoms with Crippen molar-refractivity contribution in [3.63, 3.8) is 0 Å². The van der Waals surface area contributed by atoms with E-state index in [1.54, 1.807) is 0 Å². The van der Waals surface area contributed by atoms with Crippen molar-refractivity contribution in [3.8, 4) is 22.8 Å². The van der Waals surface area contributed by atoms with Crippen LogP contribution in [0.2, 0.25) is 5.02 Å². The summed E-state index contributed by atoms with van der Waals surface area (Å²) in [7, 11) is 2.13. The summed E-state index contributed by atoms with van der Waals surface area (Å²) in [5.41, 5.74) is 4.34. The number of aromatic nitrogens is 2. The molecule has 1 aromatic heterocycles. The number of nitrogens with one attached hydrogen (secondary N) is 1. The van der Waals surface area contributed by atoms with Crippen LogP contribution in [0.5, 0.6) is 11.5 Å². The van der Waals surface area contributed by atoms with Gasteiger partial charge in [0.25, 0.3) is 0 Å². The first kappa shape index (κ1) is 20.0. The zero-order valence-electron chi connectivity index (χ0n) is 16.6. The first-order chi connectivity index (χ1) is 13.1. The van der Waals surface area contributed by atoms with Crippen LogP contribution in [0, 0.1) is 0 Å². The van der Waals surface area contributed by atoms with E-state index >= 15 is 0 Å². The van der Waals surface area contributed by atoms with Crippen LogP contribution < -0.4 is 9.47 Å². The minimum Gasteiger partial charge on any atom is -0.493 e. The molecule has 2 aromatic rings. The molecule has 0 fully saturated rings. The maximum atomic E-state index is 6.55. The third-order valence-corrected chi connectivity index (χ3v) is 5.22. The highest BCUT2D eigenvalue weighted by molar-refractivity contribution is 6.32. The second-order valence-corrected chi connectivity index (χ2v) is 7.60. The lowest BCUT2D eigenvalue weighted by molar-refractivity contribution is 0.295. The number of unbranched alkanes of at least 4 members (excludes halogenated alkanes) is 2. The molecule has 6 heteroatoms. The summed E-state index contributed by atoms with van der Waals surface area (Å²) in [5.74, 6) is 1.49. The maximum Gasteiger partial charge on any atom is 0.141 e. The van der Waals surface area contributed by atoms with E-state index in [0.29, 0.717) is 24.0 Å². The van der Waals surface area contributed by atoms with E-state index in [4.69, 9.17) is 21.1 Å². The lowest BCUT2D eigenvalue weighted by atomic mass is 10.0. The number of halogens is 1. The largest absolute Gasteiger partial charge is 0.493 e. The molecule has 1 N–H and O–H groups in total. The average Bonchev–Trinajstić information content (AvgIpc) is 3.07. The Morgan fingerprint density at radius 1 is 1.11 bits per heavy atom. The van der Waals surface area contributed by atoms with Gasteiger partial charge in [0, 0.05) is 36.7 Å². The van der Waals surface area contributed by atoms with Crippen LogP contribution in [-0.2, 0) is 13.0 Å². The molecule has 1 aromatic carbocycles. The van der Waals surface area contributed by atoms with E-state index in [0.717, 1.165) is 67.9 Å². The van der Waals surface area contributed by atoms with Crippen molar-refractivity contribution in [2.45, 2.75) is 52.5 Å². The predicted molar refractivity (Wildman–Crippen MR) is 110 cm³/mol. The molecule has 0 unspecified atom stereocenters. The second kappa shape index (κ2) is 9.47. The van der Waals surface area contributed by atoms with E-state index in [1.807, 2.05) is 12.1 Å². The van der Waals surface area contributed by atoms with Gasteiger partial charge in [-0.15, -0.1) is 0 Å². The van der Waals surface area contributed by atoms with Gasteiger partial charge in [-0.2, -0.15) is 5.10 Å². The summed E-state index contributed by atoms with van der Waals surface area (Å²) in [6.45, 7) is 7.55. The number of hydrogen-bond donors (Lipinski definition) is 1. The Morgan fingerprint density at radius 2 is 1.81 bits per heavy atom. The zero-order chi connectivity index (χ0) is 19.2. The molecule has 0 aliphatic carbocycles. The Balaban J connectivity index is 1.95. The summed E-state index contributed by atoms with van der Waals surface area (Å²) in [6.07, 6.45) is 5.15. The van der Waals surface area contributed by atoms with Crippen LogP contribution in [0.4, 0.5) is 0 Å². The summed E-state index contributed by atoms with van der Waals surface area (Å²) in [6, 6.07) is 3.88. The number of aromatic amines is 1. The molecule has 0 saturated carbocycles. The van der Waals surface area contributed by atoms with Gasteiger partial charge in [0.05, 0.1) is 29.6 Å². The number of H-pyrrole nitrogens is 1. The highest BCUT2D eigenvalue weighted by atomic mass is 35.5. The lowest BCUT2D eigenvalue weighted by Crippen LogP contribution is -2.26. The van der Waals surface area contributed by atoms with E-state index in [9.17, 15) is 0 Å². The van der Waals surface area contributed by atoms with Crippen molar-refractivity contribution in [2.24, 2.45) is 0 Å². The van der Waals surface area contributed by atoms with E-state index in [-0.39, 0.29) is 0 Å². The minimum absolute atomic E-state index is 0.608. The SMILES string of the molecule is CCCCOc1cc(OCCCC)c(-c2[nH]nc3c2CN(C)CC3)cc1Cl. The molecule has 0 spiro atoms. The van der Waals surface area contributed by atoms with Gasteiger partial charge in [-0.05, 0) is 26.0 Å². The van der Waals surface area contributed by atoms with Gasteiger partial charge in [-0.3, -0.25) is 5.10 Å². The molecule has 0 amide bonds. The van der Waals surface area contributed by atoms with Crippen LogP contribution in [0.3, 0.4) is 0 Å². The van der Waals surface area contributed by atoms with Gasteiger partial charge in [-0.25, -0.2) is 0 Å². The fraction of sp³-hybridized carbons (Fsp3) is 0.571. The van der Waals surface area contributed by atoms with Crippen LogP contribution in [0.15, 0.2) is 12.1 Å². The quantitative estimate of drug-likeness (QED) is 0.606. The molecular formula is C21H30ClN3O2. The van der Waals surface area contributed by atoms with Crippen molar-refractivity contribution < 1.29 is 9.47 Å². The van der Waals surface area contributed by atoms with E-state index in [1.165, 1.54) is 5.56 Å². The van der Waals surface area contributed by atoms with Crippen LogP contribution in [0.25, 0.3) is 11.3 Å². The number of benzene rings is 1. The van der Waals surface area contributed by atoms with Crippen molar-refractivity contribution in [3.05, 3.63) is 28.4 Å². The molecular weight excluding hydrogens is 362 g/mol. The van der Waals surface area contributed by atoms with Crippen LogP contribution in [0.1, 0.15) is 50.8 Å². The average molecular weight is 392 g/mol. The molecule has 0 atom stereocenters. The zero-order valence-corrected chi connectivity index (χ0v) is 17.4. The number of fused-ring (bicyclic) bond motifs is 1. The first-order valence-corrected chi connectivity index (χ1v) is 10.4. The maximum absolute atomic E-state index is 6.55. The predicted octanol–water partition coefficient (Wildman–Crippen LogP) is 5.08. The molecule has 27 heavy (non-hydrogen) atoms. The number of ether oxygens (including phenoxy) is 2. The molecule has 0 saturated heterocycles. The molecule has 1 aliphatic rings. The monoisotopic (exact) mass is 391 g/mol. The molecule has 2 heterocycles. The van der Waals surface area contributed by atoms with Gasteiger partial charge in [0.1, 0.15) is 11.5 Å². The van der Waals surface area contributed by atoms with Gasteiger partial charge in [0.2, 0.25) is 0 Å². The normalized spacial score (nSPS) is 14.2. The van der Waals surface area contributed by atoms with Gasteiger partial charge in [0.15, 0.2) is 0 Å². The summed E-state index contributed by atoms with van der Waals surface area (Å²) < 4.78 is 12.0. The minimum atomic E-state index is 0.608. The molecule has 3 rings (SSSR count). The number of likely N-dealkylation sites (N-methyl/N-ethyl adjacent to an activating group) is 1. The first-order valence-electron chi connectivity index (χ1n) is 9.98. The molecule has 1 aliphatic heterocycles. The smallest absolute Gasteiger partial charge is 0.141 e. The molecule has 0 bridgehead atoms. The molecule has 148 valence electrons. The summed E-state index contributed by atoms with van der Waals surface area (Å²) in [5, 5.41) is 8.37. The standard InChI is InChI=1S/C21H30ClN3O2/c1-4-6-10-26-19-13-20(27-11-7-5-2)17(22)12-15(19)21-16-14-25(3)9-8-18(16)23-24-21/h12-13H,4-11,14H2,1-3H3,(H,23,24). The Hall–Kier alpha value is -1.72. The lowest BCUT2D eigenvalue weighted by Gasteiger charge is -2.22. The van der Waals surface area contributed by atoms with Crippen molar-refractivity contribution in [1.29, 1.82) is 0 Å². The third-order valence-electron chi connectivity index (χ3n) is 4.93. The number of nitrogens with zero attached hydrogens (tertiary/aromatic N) is 2. The third kappa shape index (κ3) is 4.77. The van der Waals surface area contributed by atoms with Crippen molar-refractivity contribution >= 4 is 11.6 Å². The Bertz CT molecular complexity index is 760. The number of rotatable bonds is 9. The van der Waals surface area contributed by atoms with Crippen LogP contribution in [-0.4, -0.2) is 41.9 Å². The summed E-state index contributed by atoms with van der Waals surface area (Å²) >= 11 is 6.55.